The summed E-state index contributed by atoms with van der Waals surface area (Å²) in [6, 6.07) is 7.51. The van der Waals surface area contributed by atoms with Crippen LogP contribution in [0.2, 0.25) is 0 Å². The van der Waals surface area contributed by atoms with E-state index in [4.69, 9.17) is 9.84 Å². The zero-order chi connectivity index (χ0) is 13.3. The molecule has 2 aromatic rings. The van der Waals surface area contributed by atoms with Gasteiger partial charge in [0.1, 0.15) is 18.7 Å². The van der Waals surface area contributed by atoms with Gasteiger partial charge in [-0.15, -0.1) is 0 Å². The molecule has 0 amide bonds. The Balaban J connectivity index is 1.79. The molecule has 4 nitrogen and oxygen atoms in total. The van der Waals surface area contributed by atoms with Crippen molar-refractivity contribution in [2.45, 2.75) is 4.34 Å². The van der Waals surface area contributed by atoms with Gasteiger partial charge in [0, 0.05) is 11.3 Å². The SMILES string of the molecule is OCC#Cc1cccc(OCCSc2ncns2)c1. The van der Waals surface area contributed by atoms with E-state index in [2.05, 4.69) is 21.2 Å². The molecule has 1 aromatic carbocycles. The summed E-state index contributed by atoms with van der Waals surface area (Å²) < 4.78 is 10.5. The first-order chi connectivity index (χ1) is 9.38. The summed E-state index contributed by atoms with van der Waals surface area (Å²) in [7, 11) is 0. The van der Waals surface area contributed by atoms with Crippen LogP contribution >= 0.6 is 23.3 Å². The van der Waals surface area contributed by atoms with Gasteiger partial charge in [0.2, 0.25) is 0 Å². The van der Waals surface area contributed by atoms with E-state index in [0.717, 1.165) is 21.4 Å². The smallest absolute Gasteiger partial charge is 0.169 e. The first-order valence-electron chi connectivity index (χ1n) is 5.60. The van der Waals surface area contributed by atoms with E-state index >= 15 is 0 Å². The number of thioether (sulfide) groups is 1. The van der Waals surface area contributed by atoms with Crippen LogP contribution in [0.5, 0.6) is 5.75 Å². The number of aliphatic hydroxyl groups excluding tert-OH is 1. The molecule has 0 unspecified atom stereocenters. The van der Waals surface area contributed by atoms with Crippen molar-refractivity contribution in [3.8, 4) is 17.6 Å². The van der Waals surface area contributed by atoms with Crippen LogP contribution < -0.4 is 4.74 Å². The second-order valence-corrected chi connectivity index (χ2v) is 5.51. The van der Waals surface area contributed by atoms with Crippen molar-refractivity contribution in [1.82, 2.24) is 9.36 Å². The predicted octanol–water partition coefficient (Wildman–Crippen LogP) is 2.05. The maximum Gasteiger partial charge on any atom is 0.169 e. The summed E-state index contributed by atoms with van der Waals surface area (Å²) in [5.41, 5.74) is 0.836. The maximum atomic E-state index is 8.64. The summed E-state index contributed by atoms with van der Waals surface area (Å²) in [6.07, 6.45) is 1.55. The van der Waals surface area contributed by atoms with Crippen molar-refractivity contribution in [1.29, 1.82) is 0 Å². The Morgan fingerprint density at radius 3 is 3.16 bits per heavy atom. The Kier molecular flexibility index (Phi) is 5.69. The molecule has 0 spiro atoms. The standard InChI is InChI=1S/C13H12N2O2S2/c16-6-2-4-11-3-1-5-12(9-11)17-7-8-18-13-14-10-15-19-13/h1,3,5,9-10,16H,6-8H2. The average Bonchev–Trinajstić information content (AvgIpc) is 2.95. The number of ether oxygens (including phenoxy) is 1. The van der Waals surface area contributed by atoms with E-state index in [-0.39, 0.29) is 6.61 Å². The molecule has 1 heterocycles. The van der Waals surface area contributed by atoms with Gasteiger partial charge in [0.25, 0.3) is 0 Å². The van der Waals surface area contributed by atoms with Crippen LogP contribution in [0.3, 0.4) is 0 Å². The van der Waals surface area contributed by atoms with Crippen molar-refractivity contribution in [2.24, 2.45) is 0 Å². The lowest BCUT2D eigenvalue weighted by Gasteiger charge is -2.05. The molecule has 1 N–H and O–H groups in total. The van der Waals surface area contributed by atoms with E-state index in [9.17, 15) is 0 Å². The van der Waals surface area contributed by atoms with Crippen LogP contribution in [0.4, 0.5) is 0 Å². The van der Waals surface area contributed by atoms with Gasteiger partial charge < -0.3 is 9.84 Å². The predicted molar refractivity (Wildman–Crippen MR) is 76.5 cm³/mol. The minimum absolute atomic E-state index is 0.135. The number of aliphatic hydroxyl groups is 1. The minimum Gasteiger partial charge on any atom is -0.493 e. The van der Waals surface area contributed by atoms with Gasteiger partial charge >= 0.3 is 0 Å². The summed E-state index contributed by atoms with van der Waals surface area (Å²) in [5, 5.41) is 8.64. The highest BCUT2D eigenvalue weighted by molar-refractivity contribution is 8.00. The van der Waals surface area contributed by atoms with E-state index < -0.39 is 0 Å². The van der Waals surface area contributed by atoms with Gasteiger partial charge in [-0.2, -0.15) is 4.37 Å². The molecule has 1 aromatic heterocycles. The normalized spacial score (nSPS) is 9.74. The largest absolute Gasteiger partial charge is 0.493 e. The molecule has 2 rings (SSSR count). The average molecular weight is 292 g/mol. The molecule has 6 heteroatoms. The van der Waals surface area contributed by atoms with Crippen molar-refractivity contribution in [2.75, 3.05) is 19.0 Å². The molecule has 0 bridgehead atoms. The fraction of sp³-hybridized carbons (Fsp3) is 0.231. The Morgan fingerprint density at radius 2 is 2.37 bits per heavy atom. The first kappa shape index (κ1) is 13.9. The summed E-state index contributed by atoms with van der Waals surface area (Å²) in [5.74, 6) is 7.06. The molecule has 0 saturated carbocycles. The summed E-state index contributed by atoms with van der Waals surface area (Å²) in [6.45, 7) is 0.463. The number of hydrogen-bond acceptors (Lipinski definition) is 6. The van der Waals surface area contributed by atoms with E-state index in [1.807, 2.05) is 24.3 Å². The highest BCUT2D eigenvalue weighted by atomic mass is 32.2. The topological polar surface area (TPSA) is 55.2 Å². The summed E-state index contributed by atoms with van der Waals surface area (Å²) in [4.78, 5) is 4.08. The number of aromatic nitrogens is 2. The third kappa shape index (κ3) is 4.91. The fourth-order valence-electron chi connectivity index (χ4n) is 1.32. The Morgan fingerprint density at radius 1 is 1.42 bits per heavy atom. The lowest BCUT2D eigenvalue weighted by Crippen LogP contribution is -2.00. The monoisotopic (exact) mass is 292 g/mol. The second-order valence-electron chi connectivity index (χ2n) is 3.39. The van der Waals surface area contributed by atoms with Crippen LogP contribution in [0.15, 0.2) is 34.9 Å². The van der Waals surface area contributed by atoms with Crippen LogP contribution in [-0.2, 0) is 0 Å². The molecule has 19 heavy (non-hydrogen) atoms. The molecule has 0 saturated heterocycles. The lowest BCUT2D eigenvalue weighted by molar-refractivity contribution is 0.344. The molecular formula is C13H12N2O2S2. The number of rotatable bonds is 5. The van der Waals surface area contributed by atoms with Gasteiger partial charge in [0.05, 0.1) is 6.61 Å². The van der Waals surface area contributed by atoms with Crippen molar-refractivity contribution in [3.63, 3.8) is 0 Å². The fourth-order valence-corrected chi connectivity index (χ4v) is 2.65. The number of benzene rings is 1. The molecule has 0 atom stereocenters. The molecule has 0 aliphatic heterocycles. The minimum atomic E-state index is -0.135. The van der Waals surface area contributed by atoms with Gasteiger partial charge in [-0.05, 0) is 29.7 Å². The number of nitrogens with zero attached hydrogens (tertiary/aromatic N) is 2. The highest BCUT2D eigenvalue weighted by Gasteiger charge is 1.99. The van der Waals surface area contributed by atoms with E-state index in [1.54, 1.807) is 18.1 Å². The third-order valence-electron chi connectivity index (χ3n) is 2.06. The van der Waals surface area contributed by atoms with Crippen molar-refractivity contribution >= 4 is 23.3 Å². The molecule has 0 radical (unpaired) electrons. The third-order valence-corrected chi connectivity index (χ3v) is 3.83. The van der Waals surface area contributed by atoms with Crippen molar-refractivity contribution in [3.05, 3.63) is 36.2 Å². The van der Waals surface area contributed by atoms with Gasteiger partial charge in [-0.25, -0.2) is 4.98 Å². The number of hydrogen-bond donors (Lipinski definition) is 1. The first-order valence-corrected chi connectivity index (χ1v) is 7.36. The van der Waals surface area contributed by atoms with E-state index in [0.29, 0.717) is 6.61 Å². The zero-order valence-corrected chi connectivity index (χ0v) is 11.7. The van der Waals surface area contributed by atoms with Gasteiger partial charge in [-0.3, -0.25) is 0 Å². The van der Waals surface area contributed by atoms with Crippen molar-refractivity contribution < 1.29 is 9.84 Å². The molecule has 0 fully saturated rings. The van der Waals surface area contributed by atoms with Crippen LogP contribution in [0.1, 0.15) is 5.56 Å². The zero-order valence-electron chi connectivity index (χ0n) is 10.1. The van der Waals surface area contributed by atoms with E-state index in [1.165, 1.54) is 11.5 Å². The summed E-state index contributed by atoms with van der Waals surface area (Å²) >= 11 is 3.01. The van der Waals surface area contributed by atoms with Crippen LogP contribution in [0, 0.1) is 11.8 Å². The molecular weight excluding hydrogens is 280 g/mol. The molecule has 0 aliphatic rings. The second kappa shape index (κ2) is 7.79. The molecule has 98 valence electrons. The Labute approximate surface area is 120 Å². The Hall–Kier alpha value is -1.55. The van der Waals surface area contributed by atoms with Gasteiger partial charge in [0.15, 0.2) is 4.34 Å². The van der Waals surface area contributed by atoms with Crippen LogP contribution in [0.25, 0.3) is 0 Å². The van der Waals surface area contributed by atoms with Crippen LogP contribution in [-0.4, -0.2) is 33.4 Å². The Bertz CT molecular complexity index is 562. The quantitative estimate of drug-likeness (QED) is 0.519. The van der Waals surface area contributed by atoms with Gasteiger partial charge in [-0.1, -0.05) is 29.7 Å². The molecule has 0 aliphatic carbocycles. The maximum absolute atomic E-state index is 8.64. The highest BCUT2D eigenvalue weighted by Crippen LogP contribution is 2.18. The lowest BCUT2D eigenvalue weighted by atomic mass is 10.2.